The van der Waals surface area contributed by atoms with Gasteiger partial charge in [-0.2, -0.15) is 0 Å². The Balaban J connectivity index is 2.40. The van der Waals surface area contributed by atoms with Crippen LogP contribution < -0.4 is 15.8 Å². The molecule has 0 atom stereocenters. The molecule has 100 valence electrons. The smallest absolute Gasteiger partial charge is 0.142 e. The van der Waals surface area contributed by atoms with Gasteiger partial charge in [0.25, 0.3) is 0 Å². The molecule has 0 saturated heterocycles. The molecule has 0 fully saturated rings. The average Bonchev–Trinajstić information content (AvgIpc) is 2.36. The number of hydrogen-bond donors (Lipinski definition) is 2. The zero-order valence-electron chi connectivity index (χ0n) is 11.3. The van der Waals surface area contributed by atoms with E-state index in [1.165, 1.54) is 11.1 Å². The van der Waals surface area contributed by atoms with Crippen LogP contribution in [0, 0.1) is 13.8 Å². The van der Waals surface area contributed by atoms with Crippen molar-refractivity contribution in [1.29, 1.82) is 0 Å². The van der Waals surface area contributed by atoms with Crippen LogP contribution in [-0.4, -0.2) is 7.11 Å². The molecule has 4 heteroatoms. The van der Waals surface area contributed by atoms with Crippen molar-refractivity contribution in [3.8, 4) is 5.75 Å². The lowest BCUT2D eigenvalue weighted by Gasteiger charge is -2.15. The summed E-state index contributed by atoms with van der Waals surface area (Å²) in [6, 6.07) is 9.85. The van der Waals surface area contributed by atoms with Gasteiger partial charge in [0.05, 0.1) is 24.2 Å². The summed E-state index contributed by atoms with van der Waals surface area (Å²) in [4.78, 5) is 0. The molecule has 0 aliphatic heterocycles. The lowest BCUT2D eigenvalue weighted by atomic mass is 10.1. The molecule has 0 amide bonds. The number of methoxy groups -OCH3 is 1. The maximum absolute atomic E-state index is 6.00. The summed E-state index contributed by atoms with van der Waals surface area (Å²) in [5, 5.41) is 3.32. The first-order valence-electron chi connectivity index (χ1n) is 5.98. The monoisotopic (exact) mass is 320 g/mol. The highest BCUT2D eigenvalue weighted by molar-refractivity contribution is 9.10. The molecule has 0 spiro atoms. The first-order valence-corrected chi connectivity index (χ1v) is 6.78. The number of aryl methyl sites for hydroxylation is 2. The first-order chi connectivity index (χ1) is 9.01. The van der Waals surface area contributed by atoms with Crippen molar-refractivity contribution in [2.45, 2.75) is 13.8 Å². The lowest BCUT2D eigenvalue weighted by Crippen LogP contribution is -1.99. The molecule has 0 saturated carbocycles. The van der Waals surface area contributed by atoms with Crippen LogP contribution in [0.2, 0.25) is 0 Å². The second-order valence-corrected chi connectivity index (χ2v) is 5.41. The molecule has 0 radical (unpaired) electrons. The van der Waals surface area contributed by atoms with Gasteiger partial charge in [0.15, 0.2) is 0 Å². The van der Waals surface area contributed by atoms with E-state index in [1.54, 1.807) is 7.11 Å². The molecular weight excluding hydrogens is 304 g/mol. The molecule has 3 N–H and O–H groups in total. The summed E-state index contributed by atoms with van der Waals surface area (Å²) in [7, 11) is 1.67. The molecule has 2 rings (SSSR count). The molecule has 3 nitrogen and oxygen atoms in total. The predicted octanol–water partition coefficient (Wildman–Crippen LogP) is 4.40. The van der Waals surface area contributed by atoms with Gasteiger partial charge in [0, 0.05) is 4.47 Å². The molecule has 0 aromatic heterocycles. The fourth-order valence-electron chi connectivity index (χ4n) is 1.85. The topological polar surface area (TPSA) is 47.3 Å². The fraction of sp³-hybridized carbons (Fsp3) is 0.200. The Kier molecular flexibility index (Phi) is 4.00. The van der Waals surface area contributed by atoms with E-state index in [4.69, 9.17) is 10.5 Å². The van der Waals surface area contributed by atoms with Crippen LogP contribution in [-0.2, 0) is 0 Å². The largest absolute Gasteiger partial charge is 0.495 e. The van der Waals surface area contributed by atoms with Crippen molar-refractivity contribution >= 4 is 33.0 Å². The number of nitrogens with two attached hydrogens (primary N) is 1. The third kappa shape index (κ3) is 3.01. The molecule has 0 bridgehead atoms. The van der Waals surface area contributed by atoms with Crippen LogP contribution in [0.1, 0.15) is 11.1 Å². The summed E-state index contributed by atoms with van der Waals surface area (Å²) >= 11 is 3.40. The highest BCUT2D eigenvalue weighted by Crippen LogP contribution is 2.33. The Hall–Kier alpha value is -1.68. The minimum atomic E-state index is 0.689. The number of anilines is 3. The van der Waals surface area contributed by atoms with E-state index in [9.17, 15) is 0 Å². The van der Waals surface area contributed by atoms with Crippen LogP contribution >= 0.6 is 15.9 Å². The van der Waals surface area contributed by atoms with Gasteiger partial charge in [-0.05, 0) is 55.3 Å². The van der Waals surface area contributed by atoms with E-state index in [-0.39, 0.29) is 0 Å². The number of nitrogen functional groups attached to an aromatic ring is 1. The Morgan fingerprint density at radius 1 is 1.05 bits per heavy atom. The maximum Gasteiger partial charge on any atom is 0.142 e. The number of nitrogens with one attached hydrogen (secondary N) is 1. The molecule has 2 aromatic carbocycles. The minimum absolute atomic E-state index is 0.689. The highest BCUT2D eigenvalue weighted by atomic mass is 79.9. The van der Waals surface area contributed by atoms with Crippen molar-refractivity contribution in [2.24, 2.45) is 0 Å². The summed E-state index contributed by atoms with van der Waals surface area (Å²) in [6.07, 6.45) is 0. The normalized spacial score (nSPS) is 10.3. The lowest BCUT2D eigenvalue weighted by molar-refractivity contribution is 0.416. The SMILES string of the molecule is COc1cc(C)c(C)cc1Nc1ccc(Br)cc1N. The van der Waals surface area contributed by atoms with Crippen LogP contribution in [0.3, 0.4) is 0 Å². The summed E-state index contributed by atoms with van der Waals surface area (Å²) in [5.74, 6) is 0.811. The third-order valence-electron chi connectivity index (χ3n) is 3.10. The van der Waals surface area contributed by atoms with Gasteiger partial charge in [-0.1, -0.05) is 15.9 Å². The van der Waals surface area contributed by atoms with Crippen LogP contribution in [0.15, 0.2) is 34.8 Å². The van der Waals surface area contributed by atoms with Gasteiger partial charge in [-0.25, -0.2) is 0 Å². The van der Waals surface area contributed by atoms with E-state index in [0.29, 0.717) is 5.69 Å². The number of ether oxygens (including phenoxy) is 1. The van der Waals surface area contributed by atoms with Crippen molar-refractivity contribution in [2.75, 3.05) is 18.2 Å². The Morgan fingerprint density at radius 2 is 1.74 bits per heavy atom. The predicted molar refractivity (Wildman–Crippen MR) is 84.3 cm³/mol. The zero-order chi connectivity index (χ0) is 14.0. The van der Waals surface area contributed by atoms with E-state index in [2.05, 4.69) is 41.2 Å². The van der Waals surface area contributed by atoms with Crippen molar-refractivity contribution in [3.63, 3.8) is 0 Å². The standard InChI is InChI=1S/C15H17BrN2O/c1-9-6-14(15(19-3)7-10(9)2)18-13-5-4-11(16)8-12(13)17/h4-8,18H,17H2,1-3H3. The van der Waals surface area contributed by atoms with Crippen molar-refractivity contribution < 1.29 is 4.74 Å². The molecule has 2 aromatic rings. The summed E-state index contributed by atoms with van der Waals surface area (Å²) in [6.45, 7) is 4.14. The summed E-state index contributed by atoms with van der Waals surface area (Å²) in [5.41, 5.74) is 10.9. The second kappa shape index (κ2) is 5.53. The molecule has 19 heavy (non-hydrogen) atoms. The number of benzene rings is 2. The zero-order valence-corrected chi connectivity index (χ0v) is 12.8. The van der Waals surface area contributed by atoms with Gasteiger partial charge in [-0.3, -0.25) is 0 Å². The van der Waals surface area contributed by atoms with E-state index >= 15 is 0 Å². The summed E-state index contributed by atoms with van der Waals surface area (Å²) < 4.78 is 6.37. The quantitative estimate of drug-likeness (QED) is 0.824. The van der Waals surface area contributed by atoms with Crippen LogP contribution in [0.5, 0.6) is 5.75 Å². The van der Waals surface area contributed by atoms with Crippen molar-refractivity contribution in [1.82, 2.24) is 0 Å². The molecule has 0 aliphatic rings. The van der Waals surface area contributed by atoms with Crippen molar-refractivity contribution in [3.05, 3.63) is 45.9 Å². The molecule has 0 unspecified atom stereocenters. The van der Waals surface area contributed by atoms with Gasteiger partial charge in [-0.15, -0.1) is 0 Å². The second-order valence-electron chi connectivity index (χ2n) is 4.49. The Bertz CT molecular complexity index is 611. The van der Waals surface area contributed by atoms with E-state index in [0.717, 1.165) is 21.6 Å². The average molecular weight is 321 g/mol. The maximum atomic E-state index is 6.00. The van der Waals surface area contributed by atoms with Crippen LogP contribution in [0.25, 0.3) is 0 Å². The molecule has 0 aliphatic carbocycles. The van der Waals surface area contributed by atoms with Gasteiger partial charge < -0.3 is 15.8 Å². The van der Waals surface area contributed by atoms with Crippen LogP contribution in [0.4, 0.5) is 17.1 Å². The number of rotatable bonds is 3. The first kappa shape index (κ1) is 13.7. The van der Waals surface area contributed by atoms with Gasteiger partial charge in [0.2, 0.25) is 0 Å². The van der Waals surface area contributed by atoms with E-state index in [1.807, 2.05) is 24.3 Å². The third-order valence-corrected chi connectivity index (χ3v) is 3.59. The minimum Gasteiger partial charge on any atom is -0.495 e. The number of hydrogen-bond acceptors (Lipinski definition) is 3. The van der Waals surface area contributed by atoms with E-state index < -0.39 is 0 Å². The highest BCUT2D eigenvalue weighted by Gasteiger charge is 2.08. The Labute approximate surface area is 121 Å². The van der Waals surface area contributed by atoms with Gasteiger partial charge in [0.1, 0.15) is 5.75 Å². The van der Waals surface area contributed by atoms with Gasteiger partial charge >= 0.3 is 0 Å². The number of halogens is 1. The fourth-order valence-corrected chi connectivity index (χ4v) is 2.23. The molecule has 0 heterocycles. The molecular formula is C15H17BrN2O. The Morgan fingerprint density at radius 3 is 2.37 bits per heavy atom.